The zero-order valence-corrected chi connectivity index (χ0v) is 11.3. The van der Waals surface area contributed by atoms with Crippen molar-refractivity contribution in [1.82, 2.24) is 10.6 Å². The largest absolute Gasteiger partial charge is 0.355 e. The molecule has 104 valence electrons. The molecule has 0 spiro atoms. The molecule has 1 aliphatic rings. The van der Waals surface area contributed by atoms with Crippen LogP contribution in [-0.4, -0.2) is 24.5 Å². The van der Waals surface area contributed by atoms with Crippen LogP contribution >= 0.6 is 0 Å². The van der Waals surface area contributed by atoms with Crippen LogP contribution in [0.5, 0.6) is 0 Å². The molecule has 2 rings (SSSR count). The second kappa shape index (κ2) is 6.66. The van der Waals surface area contributed by atoms with E-state index in [0.29, 0.717) is 0 Å². The number of halogens is 1. The van der Waals surface area contributed by atoms with Gasteiger partial charge in [0, 0.05) is 12.6 Å². The summed E-state index contributed by atoms with van der Waals surface area (Å²) in [6.07, 6.45) is 3.81. The number of hydrogen-bond donors (Lipinski definition) is 2. The van der Waals surface area contributed by atoms with Gasteiger partial charge in [0.15, 0.2) is 0 Å². The quantitative estimate of drug-likeness (QED) is 0.873. The Morgan fingerprint density at radius 2 is 2.11 bits per heavy atom. The van der Waals surface area contributed by atoms with Crippen LogP contribution in [0.15, 0.2) is 24.3 Å². The number of hydrogen-bond acceptors (Lipinski definition) is 2. The van der Waals surface area contributed by atoms with Gasteiger partial charge in [-0.1, -0.05) is 12.1 Å². The molecule has 0 aromatic heterocycles. The molecule has 3 nitrogen and oxygen atoms in total. The van der Waals surface area contributed by atoms with Crippen LogP contribution < -0.4 is 10.6 Å². The summed E-state index contributed by atoms with van der Waals surface area (Å²) < 4.78 is 12.8. The van der Waals surface area contributed by atoms with Crippen molar-refractivity contribution in [3.63, 3.8) is 0 Å². The van der Waals surface area contributed by atoms with E-state index in [0.717, 1.165) is 37.8 Å². The highest BCUT2D eigenvalue weighted by Crippen LogP contribution is 2.09. The Hall–Kier alpha value is -1.42. The first kappa shape index (κ1) is 14.0. The third-order valence-electron chi connectivity index (χ3n) is 3.48. The summed E-state index contributed by atoms with van der Waals surface area (Å²) in [5.74, 6) is -0.115. The van der Waals surface area contributed by atoms with Gasteiger partial charge in [-0.15, -0.1) is 0 Å². The molecule has 0 unspecified atom stereocenters. The van der Waals surface area contributed by atoms with Gasteiger partial charge in [0.05, 0.1) is 6.04 Å². The minimum atomic E-state index is -0.215. The van der Waals surface area contributed by atoms with Crippen molar-refractivity contribution in [2.45, 2.75) is 44.7 Å². The Balaban J connectivity index is 1.87. The Labute approximate surface area is 113 Å². The molecule has 1 heterocycles. The predicted molar refractivity (Wildman–Crippen MR) is 73.4 cm³/mol. The lowest BCUT2D eigenvalue weighted by Gasteiger charge is -2.21. The number of carbonyl (C=O) groups is 1. The highest BCUT2D eigenvalue weighted by molar-refractivity contribution is 5.81. The number of nitrogens with one attached hydrogen (secondary N) is 2. The number of carbonyl (C=O) groups excluding carboxylic acids is 1. The fourth-order valence-corrected chi connectivity index (χ4v) is 2.47. The Kier molecular flexibility index (Phi) is 4.91. The van der Waals surface area contributed by atoms with Gasteiger partial charge < -0.3 is 10.6 Å². The molecule has 2 N–H and O–H groups in total. The van der Waals surface area contributed by atoms with Crippen molar-refractivity contribution in [3.05, 3.63) is 35.6 Å². The van der Waals surface area contributed by atoms with Gasteiger partial charge in [-0.3, -0.25) is 4.79 Å². The maximum Gasteiger partial charge on any atom is 0.237 e. The van der Waals surface area contributed by atoms with E-state index in [-0.39, 0.29) is 23.8 Å². The average Bonchev–Trinajstić information content (AvgIpc) is 2.58. The molecule has 1 amide bonds. The first-order chi connectivity index (χ1) is 9.15. The van der Waals surface area contributed by atoms with Gasteiger partial charge in [0.2, 0.25) is 5.91 Å². The summed E-state index contributed by atoms with van der Waals surface area (Å²) in [4.78, 5) is 11.8. The molecule has 1 aromatic carbocycles. The molecular formula is C15H21FN2O. The number of benzene rings is 1. The van der Waals surface area contributed by atoms with Gasteiger partial charge in [-0.2, -0.15) is 0 Å². The van der Waals surface area contributed by atoms with Gasteiger partial charge >= 0.3 is 0 Å². The topological polar surface area (TPSA) is 41.1 Å². The van der Waals surface area contributed by atoms with E-state index < -0.39 is 0 Å². The van der Waals surface area contributed by atoms with Crippen LogP contribution in [0.3, 0.4) is 0 Å². The fourth-order valence-electron chi connectivity index (χ4n) is 2.47. The molecule has 4 heteroatoms. The van der Waals surface area contributed by atoms with Crippen LogP contribution in [-0.2, 0) is 11.2 Å². The normalized spacial score (nSPS) is 21.6. The second-order valence-corrected chi connectivity index (χ2v) is 5.24. The van der Waals surface area contributed by atoms with E-state index in [4.69, 9.17) is 0 Å². The molecule has 0 saturated carbocycles. The monoisotopic (exact) mass is 264 g/mol. The first-order valence-electron chi connectivity index (χ1n) is 6.93. The van der Waals surface area contributed by atoms with Crippen molar-refractivity contribution < 1.29 is 9.18 Å². The third kappa shape index (κ3) is 4.31. The number of amides is 1. The lowest BCUT2D eigenvalue weighted by atomic mass is 10.0. The Bertz CT molecular complexity index is 419. The van der Waals surface area contributed by atoms with Crippen LogP contribution in [0.4, 0.5) is 4.39 Å². The maximum absolute atomic E-state index is 12.8. The summed E-state index contributed by atoms with van der Waals surface area (Å²) in [5.41, 5.74) is 1.08. The zero-order valence-electron chi connectivity index (χ0n) is 11.3. The Morgan fingerprint density at radius 3 is 2.84 bits per heavy atom. The van der Waals surface area contributed by atoms with E-state index in [1.54, 1.807) is 12.1 Å². The van der Waals surface area contributed by atoms with Crippen molar-refractivity contribution in [2.75, 3.05) is 6.54 Å². The van der Waals surface area contributed by atoms with Crippen molar-refractivity contribution in [3.8, 4) is 0 Å². The van der Waals surface area contributed by atoms with Crippen LogP contribution in [0.2, 0.25) is 0 Å². The smallest absolute Gasteiger partial charge is 0.237 e. The molecule has 2 atom stereocenters. The van der Waals surface area contributed by atoms with Crippen molar-refractivity contribution in [1.29, 1.82) is 0 Å². The first-order valence-corrected chi connectivity index (χ1v) is 6.93. The summed E-state index contributed by atoms with van der Waals surface area (Å²) in [6.45, 7) is 2.84. The Morgan fingerprint density at radius 1 is 1.37 bits per heavy atom. The van der Waals surface area contributed by atoms with E-state index in [2.05, 4.69) is 17.6 Å². The summed E-state index contributed by atoms with van der Waals surface area (Å²) in [6, 6.07) is 6.62. The zero-order chi connectivity index (χ0) is 13.7. The van der Waals surface area contributed by atoms with E-state index in [9.17, 15) is 9.18 Å². The van der Waals surface area contributed by atoms with E-state index >= 15 is 0 Å². The van der Waals surface area contributed by atoms with Crippen molar-refractivity contribution in [2.24, 2.45) is 0 Å². The minimum absolute atomic E-state index is 0.0991. The summed E-state index contributed by atoms with van der Waals surface area (Å²) in [7, 11) is 0. The highest BCUT2D eigenvalue weighted by atomic mass is 19.1. The lowest BCUT2D eigenvalue weighted by molar-refractivity contribution is -0.123. The molecule has 0 bridgehead atoms. The predicted octanol–water partition coefficient (Wildman–Crippen LogP) is 2.02. The van der Waals surface area contributed by atoms with E-state index in [1.807, 2.05) is 0 Å². The maximum atomic E-state index is 12.8. The van der Waals surface area contributed by atoms with Gasteiger partial charge in [0.1, 0.15) is 5.82 Å². The van der Waals surface area contributed by atoms with Gasteiger partial charge in [-0.25, -0.2) is 4.39 Å². The molecule has 0 aliphatic carbocycles. The molecule has 1 aromatic rings. The molecule has 0 radical (unpaired) electrons. The van der Waals surface area contributed by atoms with Crippen molar-refractivity contribution >= 4 is 5.91 Å². The standard InChI is InChI=1S/C15H21FN2O/c1-11(10-12-5-7-13(16)8-6-12)18-14-4-2-3-9-17-15(14)19/h5-8,11,14,18H,2-4,9-10H2,1H3,(H,17,19)/t11-,14+/m0/s1. The SMILES string of the molecule is C[C@@H](Cc1ccc(F)cc1)N[C@@H]1CCCCNC1=O. The van der Waals surface area contributed by atoms with Gasteiger partial charge in [0.25, 0.3) is 0 Å². The fraction of sp³-hybridized carbons (Fsp3) is 0.533. The average molecular weight is 264 g/mol. The highest BCUT2D eigenvalue weighted by Gasteiger charge is 2.21. The van der Waals surface area contributed by atoms with Crippen LogP contribution in [0, 0.1) is 5.82 Å². The minimum Gasteiger partial charge on any atom is -0.355 e. The summed E-state index contributed by atoms with van der Waals surface area (Å²) >= 11 is 0. The summed E-state index contributed by atoms with van der Waals surface area (Å²) in [5, 5.41) is 6.29. The number of rotatable bonds is 4. The van der Waals surface area contributed by atoms with Crippen LogP contribution in [0.25, 0.3) is 0 Å². The third-order valence-corrected chi connectivity index (χ3v) is 3.48. The molecular weight excluding hydrogens is 243 g/mol. The lowest BCUT2D eigenvalue weighted by Crippen LogP contribution is -2.47. The molecule has 1 aliphatic heterocycles. The van der Waals surface area contributed by atoms with Crippen LogP contribution in [0.1, 0.15) is 31.7 Å². The molecule has 1 fully saturated rings. The molecule has 19 heavy (non-hydrogen) atoms. The second-order valence-electron chi connectivity index (χ2n) is 5.24. The van der Waals surface area contributed by atoms with E-state index in [1.165, 1.54) is 12.1 Å². The van der Waals surface area contributed by atoms with Gasteiger partial charge in [-0.05, 0) is 50.3 Å². The molecule has 1 saturated heterocycles.